The van der Waals surface area contributed by atoms with Crippen LogP contribution < -0.4 is 4.74 Å². The number of hydrogen-bond donors (Lipinski definition) is 1. The van der Waals surface area contributed by atoms with E-state index >= 15 is 0 Å². The highest BCUT2D eigenvalue weighted by atomic mass is 32.1. The second kappa shape index (κ2) is 9.94. The van der Waals surface area contributed by atoms with Crippen molar-refractivity contribution in [3.8, 4) is 5.75 Å². The highest BCUT2D eigenvalue weighted by Crippen LogP contribution is 2.13. The zero-order valence-corrected chi connectivity index (χ0v) is 16.6. The smallest absolute Gasteiger partial charge is 0.216 e. The van der Waals surface area contributed by atoms with Crippen LogP contribution in [0.25, 0.3) is 0 Å². The van der Waals surface area contributed by atoms with Gasteiger partial charge in [0.05, 0.1) is 12.8 Å². The topological polar surface area (TPSA) is 55.2 Å². The second-order valence-corrected chi connectivity index (χ2v) is 6.82. The fraction of sp³-hybridized carbons (Fsp3) is 0.286. The molecule has 2 aromatic carbocycles. The van der Waals surface area contributed by atoms with Gasteiger partial charge in [-0.1, -0.05) is 31.9 Å². The SMILES string of the molecule is CCCCCOc1ccc(/C=N\n2c(Cc3ccc(F)cc3)n[nH]c2=S)cc1. The fourth-order valence-electron chi connectivity index (χ4n) is 2.66. The summed E-state index contributed by atoms with van der Waals surface area (Å²) < 4.78 is 20.8. The summed E-state index contributed by atoms with van der Waals surface area (Å²) in [6.07, 6.45) is 5.64. The number of rotatable bonds is 9. The van der Waals surface area contributed by atoms with E-state index in [2.05, 4.69) is 22.2 Å². The minimum Gasteiger partial charge on any atom is -0.494 e. The van der Waals surface area contributed by atoms with Gasteiger partial charge >= 0.3 is 0 Å². The molecule has 0 amide bonds. The Labute approximate surface area is 168 Å². The first kappa shape index (κ1) is 19.9. The van der Waals surface area contributed by atoms with Crippen molar-refractivity contribution in [2.75, 3.05) is 6.61 Å². The number of H-pyrrole nitrogens is 1. The van der Waals surface area contributed by atoms with Crippen LogP contribution in [0.3, 0.4) is 0 Å². The van der Waals surface area contributed by atoms with Crippen molar-refractivity contribution in [1.29, 1.82) is 0 Å². The maximum atomic E-state index is 13.1. The average Bonchev–Trinajstić information content (AvgIpc) is 3.05. The molecule has 0 atom stereocenters. The lowest BCUT2D eigenvalue weighted by Gasteiger charge is -2.05. The van der Waals surface area contributed by atoms with Gasteiger partial charge in [-0.05, 0) is 66.2 Å². The molecule has 0 unspecified atom stereocenters. The Bertz CT molecular complexity index is 961. The molecule has 0 fully saturated rings. The third kappa shape index (κ3) is 5.60. The van der Waals surface area contributed by atoms with Crippen molar-refractivity contribution in [2.24, 2.45) is 5.10 Å². The van der Waals surface area contributed by atoms with Crippen molar-refractivity contribution < 1.29 is 9.13 Å². The van der Waals surface area contributed by atoms with Gasteiger partial charge in [0.15, 0.2) is 5.82 Å². The van der Waals surface area contributed by atoms with E-state index in [0.717, 1.165) is 29.9 Å². The summed E-state index contributed by atoms with van der Waals surface area (Å²) >= 11 is 5.27. The third-order valence-corrected chi connectivity index (χ3v) is 4.48. The van der Waals surface area contributed by atoms with E-state index in [9.17, 15) is 4.39 Å². The van der Waals surface area contributed by atoms with Gasteiger partial charge < -0.3 is 4.74 Å². The normalized spacial score (nSPS) is 11.2. The Morgan fingerprint density at radius 1 is 1.14 bits per heavy atom. The van der Waals surface area contributed by atoms with Gasteiger partial charge in [-0.25, -0.2) is 4.39 Å². The number of ether oxygens (including phenoxy) is 1. The van der Waals surface area contributed by atoms with Crippen molar-refractivity contribution in [3.63, 3.8) is 0 Å². The molecular weight excluding hydrogens is 375 g/mol. The van der Waals surface area contributed by atoms with Crippen LogP contribution >= 0.6 is 12.2 Å². The van der Waals surface area contributed by atoms with E-state index in [1.807, 2.05) is 24.3 Å². The first-order valence-electron chi connectivity index (χ1n) is 9.33. The molecule has 3 aromatic rings. The van der Waals surface area contributed by atoms with Crippen molar-refractivity contribution >= 4 is 18.4 Å². The van der Waals surface area contributed by atoms with Gasteiger partial charge in [-0.2, -0.15) is 14.9 Å². The van der Waals surface area contributed by atoms with Gasteiger partial charge in [-0.15, -0.1) is 0 Å². The standard InChI is InChI=1S/C21H23FN4OS/c1-2-3-4-13-27-19-11-7-17(8-12-19)15-23-26-20(24-25-21(26)28)14-16-5-9-18(22)10-6-16/h5-12,15H,2-4,13-14H2,1H3,(H,25,28)/b23-15-. The van der Waals surface area contributed by atoms with Gasteiger partial charge in [0, 0.05) is 6.42 Å². The zero-order chi connectivity index (χ0) is 19.8. The van der Waals surface area contributed by atoms with Crippen LogP contribution in [0.4, 0.5) is 4.39 Å². The van der Waals surface area contributed by atoms with Crippen LogP contribution in [-0.4, -0.2) is 27.7 Å². The summed E-state index contributed by atoms with van der Waals surface area (Å²) in [5.41, 5.74) is 1.85. The largest absolute Gasteiger partial charge is 0.494 e. The number of nitrogens with zero attached hydrogens (tertiary/aromatic N) is 3. The third-order valence-electron chi connectivity index (χ3n) is 4.21. The Morgan fingerprint density at radius 3 is 2.61 bits per heavy atom. The summed E-state index contributed by atoms with van der Waals surface area (Å²) in [6, 6.07) is 14.1. The Hall–Kier alpha value is -2.80. The molecular formula is C21H23FN4OS. The summed E-state index contributed by atoms with van der Waals surface area (Å²) in [5, 5.41) is 11.4. The van der Waals surface area contributed by atoms with Gasteiger partial charge in [0.25, 0.3) is 0 Å². The van der Waals surface area contributed by atoms with Gasteiger partial charge in [0.2, 0.25) is 4.77 Å². The first-order chi connectivity index (χ1) is 13.7. The molecule has 0 radical (unpaired) electrons. The van der Waals surface area contributed by atoms with Crippen LogP contribution in [0.2, 0.25) is 0 Å². The monoisotopic (exact) mass is 398 g/mol. The summed E-state index contributed by atoms with van der Waals surface area (Å²) in [7, 11) is 0. The number of nitrogens with one attached hydrogen (secondary N) is 1. The van der Waals surface area contributed by atoms with E-state index in [1.165, 1.54) is 25.0 Å². The van der Waals surface area contributed by atoms with E-state index in [-0.39, 0.29) is 5.82 Å². The Morgan fingerprint density at radius 2 is 1.89 bits per heavy atom. The molecule has 0 aliphatic carbocycles. The Balaban J connectivity index is 1.66. The number of hydrogen-bond acceptors (Lipinski definition) is 4. The lowest BCUT2D eigenvalue weighted by molar-refractivity contribution is 0.306. The van der Waals surface area contributed by atoms with Gasteiger partial charge in [0.1, 0.15) is 11.6 Å². The Kier molecular flexibility index (Phi) is 7.08. The van der Waals surface area contributed by atoms with Crippen molar-refractivity contribution in [3.05, 3.63) is 76.1 Å². The molecule has 146 valence electrons. The second-order valence-electron chi connectivity index (χ2n) is 6.43. The molecule has 5 nitrogen and oxygen atoms in total. The summed E-state index contributed by atoms with van der Waals surface area (Å²) in [4.78, 5) is 0. The van der Waals surface area contributed by atoms with Gasteiger partial charge in [-0.3, -0.25) is 5.10 Å². The van der Waals surface area contributed by atoms with Crippen molar-refractivity contribution in [1.82, 2.24) is 14.9 Å². The maximum Gasteiger partial charge on any atom is 0.216 e. The van der Waals surface area contributed by atoms with Crippen LogP contribution in [0, 0.1) is 10.6 Å². The molecule has 1 heterocycles. The number of halogens is 1. The highest BCUT2D eigenvalue weighted by Gasteiger charge is 2.06. The molecule has 1 aromatic heterocycles. The quantitative estimate of drug-likeness (QED) is 0.309. The van der Waals surface area contributed by atoms with Crippen LogP contribution in [-0.2, 0) is 6.42 Å². The molecule has 0 saturated heterocycles. The maximum absolute atomic E-state index is 13.1. The zero-order valence-electron chi connectivity index (χ0n) is 15.8. The number of aromatic amines is 1. The first-order valence-corrected chi connectivity index (χ1v) is 9.74. The molecule has 28 heavy (non-hydrogen) atoms. The molecule has 0 saturated carbocycles. The lowest BCUT2D eigenvalue weighted by Crippen LogP contribution is -2.01. The number of benzene rings is 2. The number of unbranched alkanes of at least 4 members (excludes halogenated alkanes) is 2. The van der Waals surface area contributed by atoms with Crippen LogP contribution in [0.1, 0.15) is 43.1 Å². The minimum atomic E-state index is -0.265. The van der Waals surface area contributed by atoms with Crippen molar-refractivity contribution in [2.45, 2.75) is 32.6 Å². The van der Waals surface area contributed by atoms with E-state index in [4.69, 9.17) is 17.0 Å². The molecule has 0 bridgehead atoms. The lowest BCUT2D eigenvalue weighted by atomic mass is 10.1. The van der Waals surface area contributed by atoms with E-state index in [1.54, 1.807) is 23.0 Å². The fourth-order valence-corrected chi connectivity index (χ4v) is 2.86. The van der Waals surface area contributed by atoms with Crippen LogP contribution in [0.15, 0.2) is 53.6 Å². The average molecular weight is 399 g/mol. The summed E-state index contributed by atoms with van der Waals surface area (Å²) in [6.45, 7) is 2.91. The van der Waals surface area contributed by atoms with Crippen LogP contribution in [0.5, 0.6) is 5.75 Å². The molecule has 7 heteroatoms. The predicted octanol–water partition coefficient (Wildman–Crippen LogP) is 5.12. The molecule has 0 spiro atoms. The predicted molar refractivity (Wildman–Crippen MR) is 111 cm³/mol. The molecule has 0 aliphatic heterocycles. The van der Waals surface area contributed by atoms with E-state index < -0.39 is 0 Å². The summed E-state index contributed by atoms with van der Waals surface area (Å²) in [5.74, 6) is 1.24. The molecule has 3 rings (SSSR count). The molecule has 1 N–H and O–H groups in total. The van der Waals surface area contributed by atoms with E-state index in [0.29, 0.717) is 17.0 Å². The highest BCUT2D eigenvalue weighted by molar-refractivity contribution is 7.71. The molecule has 0 aliphatic rings. The minimum absolute atomic E-state index is 0.265. The number of aromatic nitrogens is 3.